The zero-order chi connectivity index (χ0) is 10.5. The summed E-state index contributed by atoms with van der Waals surface area (Å²) < 4.78 is 0. The fourth-order valence-electron chi connectivity index (χ4n) is 2.08. The number of carbonyl (C=O) groups is 1. The van der Waals surface area contributed by atoms with E-state index in [4.69, 9.17) is 0 Å². The molecule has 1 saturated carbocycles. The Morgan fingerprint density at radius 1 is 1.27 bits per heavy atom. The van der Waals surface area contributed by atoms with Crippen LogP contribution in [0.1, 0.15) is 47.3 Å². The molecule has 0 unspecified atom stereocenters. The summed E-state index contributed by atoms with van der Waals surface area (Å²) in [5, 5.41) is 1.91. The van der Waals surface area contributed by atoms with Crippen LogP contribution >= 0.6 is 11.3 Å². The van der Waals surface area contributed by atoms with Crippen LogP contribution in [0.5, 0.6) is 0 Å². The van der Waals surface area contributed by atoms with E-state index in [1.807, 2.05) is 11.4 Å². The van der Waals surface area contributed by atoms with E-state index in [0.29, 0.717) is 0 Å². The van der Waals surface area contributed by atoms with Gasteiger partial charge in [0.1, 0.15) is 0 Å². The van der Waals surface area contributed by atoms with Crippen molar-refractivity contribution in [2.45, 2.75) is 32.1 Å². The molecule has 1 aliphatic carbocycles. The first-order chi connectivity index (χ1) is 7.38. The van der Waals surface area contributed by atoms with Gasteiger partial charge in [-0.05, 0) is 30.9 Å². The lowest BCUT2D eigenvalue weighted by atomic mass is 9.89. The summed E-state index contributed by atoms with van der Waals surface area (Å²) in [5.41, 5.74) is 0.795. The summed E-state index contributed by atoms with van der Waals surface area (Å²) >= 11 is 1.64. The molecule has 0 atom stereocenters. The summed E-state index contributed by atoms with van der Waals surface area (Å²) in [6, 6.07) is 1.96. The quantitative estimate of drug-likeness (QED) is 0.699. The normalized spacial score (nSPS) is 18.4. The summed E-state index contributed by atoms with van der Waals surface area (Å²) in [5.74, 6) is 0.764. The molecule has 1 fully saturated rings. The summed E-state index contributed by atoms with van der Waals surface area (Å²) in [4.78, 5) is 11.7. The minimum absolute atomic E-state index is 0.764. The Morgan fingerprint density at radius 3 is 2.73 bits per heavy atom. The number of aldehydes is 1. The van der Waals surface area contributed by atoms with Crippen molar-refractivity contribution in [1.82, 2.24) is 0 Å². The van der Waals surface area contributed by atoms with Crippen LogP contribution < -0.4 is 0 Å². The van der Waals surface area contributed by atoms with Crippen molar-refractivity contribution in [2.24, 2.45) is 5.92 Å². The number of hydrogen-bond donors (Lipinski definition) is 0. The van der Waals surface area contributed by atoms with Crippen molar-refractivity contribution in [3.63, 3.8) is 0 Å². The second kappa shape index (κ2) is 5.26. The van der Waals surface area contributed by atoms with Crippen LogP contribution in [0.15, 0.2) is 17.5 Å². The van der Waals surface area contributed by atoms with Gasteiger partial charge < -0.3 is 0 Å². The molecular formula is C13H16OS. The lowest BCUT2D eigenvalue weighted by Gasteiger charge is -2.17. The highest BCUT2D eigenvalue weighted by Crippen LogP contribution is 2.26. The maximum Gasteiger partial charge on any atom is 0.150 e. The highest BCUT2D eigenvalue weighted by Gasteiger charge is 2.09. The van der Waals surface area contributed by atoms with E-state index < -0.39 is 0 Å². The average Bonchev–Trinajstić information content (AvgIpc) is 2.76. The van der Waals surface area contributed by atoms with Crippen LogP contribution in [-0.4, -0.2) is 6.29 Å². The predicted molar refractivity (Wildman–Crippen MR) is 65.3 cm³/mol. The first kappa shape index (κ1) is 10.6. The van der Waals surface area contributed by atoms with Crippen molar-refractivity contribution in [2.75, 3.05) is 0 Å². The first-order valence-corrected chi connectivity index (χ1v) is 6.48. The first-order valence-electron chi connectivity index (χ1n) is 5.60. The Balaban J connectivity index is 1.94. The average molecular weight is 220 g/mol. The molecular weight excluding hydrogens is 204 g/mol. The Labute approximate surface area is 94.8 Å². The Kier molecular flexibility index (Phi) is 3.73. The van der Waals surface area contributed by atoms with E-state index in [1.54, 1.807) is 11.3 Å². The number of rotatable bonds is 3. The van der Waals surface area contributed by atoms with Crippen molar-refractivity contribution >= 4 is 23.7 Å². The second-order valence-corrected chi connectivity index (χ2v) is 5.10. The molecule has 0 aromatic carbocycles. The van der Waals surface area contributed by atoms with E-state index >= 15 is 0 Å². The Bertz CT molecular complexity index is 345. The number of hydrogen-bond acceptors (Lipinski definition) is 2. The third-order valence-electron chi connectivity index (χ3n) is 2.96. The van der Waals surface area contributed by atoms with Crippen molar-refractivity contribution in [3.8, 4) is 0 Å². The van der Waals surface area contributed by atoms with Gasteiger partial charge in [-0.1, -0.05) is 25.3 Å². The van der Waals surface area contributed by atoms with Gasteiger partial charge in [-0.15, -0.1) is 11.3 Å². The fourth-order valence-corrected chi connectivity index (χ4v) is 2.83. The van der Waals surface area contributed by atoms with Crippen LogP contribution in [-0.2, 0) is 0 Å². The molecule has 15 heavy (non-hydrogen) atoms. The van der Waals surface area contributed by atoms with E-state index in [0.717, 1.165) is 17.8 Å². The van der Waals surface area contributed by atoms with E-state index in [1.165, 1.54) is 37.0 Å². The second-order valence-electron chi connectivity index (χ2n) is 4.16. The molecule has 0 aliphatic heterocycles. The van der Waals surface area contributed by atoms with Gasteiger partial charge in [-0.2, -0.15) is 0 Å². The van der Waals surface area contributed by atoms with E-state index in [9.17, 15) is 4.79 Å². The molecule has 1 aromatic heterocycles. The van der Waals surface area contributed by atoms with Gasteiger partial charge in [-0.25, -0.2) is 0 Å². The standard InChI is InChI=1S/C13H16OS/c14-9-12-8-13(15-10-12)7-6-11-4-2-1-3-5-11/h6-11H,1-5H2/b7-6+. The molecule has 2 rings (SSSR count). The van der Waals surface area contributed by atoms with Gasteiger partial charge in [-0.3, -0.25) is 4.79 Å². The minimum atomic E-state index is 0.764. The molecule has 0 N–H and O–H groups in total. The predicted octanol–water partition coefficient (Wildman–Crippen LogP) is 4.15. The van der Waals surface area contributed by atoms with Crippen LogP contribution in [0.2, 0.25) is 0 Å². The van der Waals surface area contributed by atoms with Gasteiger partial charge in [0.25, 0.3) is 0 Å². The zero-order valence-corrected chi connectivity index (χ0v) is 9.63. The van der Waals surface area contributed by atoms with E-state index in [-0.39, 0.29) is 0 Å². The lowest BCUT2D eigenvalue weighted by molar-refractivity contribution is 0.112. The Morgan fingerprint density at radius 2 is 2.07 bits per heavy atom. The van der Waals surface area contributed by atoms with Crippen molar-refractivity contribution in [1.29, 1.82) is 0 Å². The fraction of sp³-hybridized carbons (Fsp3) is 0.462. The van der Waals surface area contributed by atoms with Crippen LogP contribution in [0.25, 0.3) is 6.08 Å². The summed E-state index contributed by atoms with van der Waals surface area (Å²) in [7, 11) is 0. The third kappa shape index (κ3) is 3.03. The van der Waals surface area contributed by atoms with Gasteiger partial charge in [0.15, 0.2) is 6.29 Å². The van der Waals surface area contributed by atoms with Gasteiger partial charge >= 0.3 is 0 Å². The smallest absolute Gasteiger partial charge is 0.150 e. The molecule has 0 spiro atoms. The Hall–Kier alpha value is -0.890. The van der Waals surface area contributed by atoms with Gasteiger partial charge in [0.2, 0.25) is 0 Å². The van der Waals surface area contributed by atoms with E-state index in [2.05, 4.69) is 12.2 Å². The molecule has 2 heteroatoms. The molecule has 0 saturated heterocycles. The maximum atomic E-state index is 10.5. The molecule has 0 radical (unpaired) electrons. The van der Waals surface area contributed by atoms with Crippen molar-refractivity contribution in [3.05, 3.63) is 28.0 Å². The highest BCUT2D eigenvalue weighted by molar-refractivity contribution is 7.11. The minimum Gasteiger partial charge on any atom is -0.298 e. The zero-order valence-electron chi connectivity index (χ0n) is 8.82. The largest absolute Gasteiger partial charge is 0.298 e. The molecule has 0 amide bonds. The number of carbonyl (C=O) groups excluding carboxylic acids is 1. The highest BCUT2D eigenvalue weighted by atomic mass is 32.1. The molecule has 1 nitrogen and oxygen atoms in total. The maximum absolute atomic E-state index is 10.5. The summed E-state index contributed by atoms with van der Waals surface area (Å²) in [6.45, 7) is 0. The lowest BCUT2D eigenvalue weighted by Crippen LogP contribution is -2.02. The van der Waals surface area contributed by atoms with Crippen LogP contribution in [0, 0.1) is 5.92 Å². The van der Waals surface area contributed by atoms with Gasteiger partial charge in [0, 0.05) is 15.8 Å². The molecule has 1 aliphatic rings. The molecule has 1 heterocycles. The topological polar surface area (TPSA) is 17.1 Å². The number of allylic oxidation sites excluding steroid dienone is 1. The monoisotopic (exact) mass is 220 g/mol. The molecule has 80 valence electrons. The van der Waals surface area contributed by atoms with Crippen LogP contribution in [0.4, 0.5) is 0 Å². The molecule has 0 bridgehead atoms. The summed E-state index contributed by atoms with van der Waals surface area (Å²) in [6.07, 6.45) is 12.2. The van der Waals surface area contributed by atoms with Crippen molar-refractivity contribution < 1.29 is 4.79 Å². The van der Waals surface area contributed by atoms with Gasteiger partial charge in [0.05, 0.1) is 0 Å². The SMILES string of the molecule is O=Cc1csc(/C=C/C2CCCCC2)c1. The van der Waals surface area contributed by atoms with Crippen LogP contribution in [0.3, 0.4) is 0 Å². The third-order valence-corrected chi connectivity index (χ3v) is 3.87. The number of thiophene rings is 1. The molecule has 1 aromatic rings.